The molecule has 0 spiro atoms. The predicted octanol–water partition coefficient (Wildman–Crippen LogP) is 0.595. The van der Waals surface area contributed by atoms with Crippen LogP contribution in [0.25, 0.3) is 10.8 Å². The van der Waals surface area contributed by atoms with Crippen LogP contribution >= 0.6 is 11.3 Å². The number of aliphatic hydroxyl groups is 1. The molecule has 0 saturated heterocycles. The van der Waals surface area contributed by atoms with E-state index in [-0.39, 0.29) is 18.4 Å². The molecule has 1 amide bonds. The number of carbonyl (C=O) groups excluding carboxylic acids is 1. The summed E-state index contributed by atoms with van der Waals surface area (Å²) in [5.74, 6) is 0.405. The maximum Gasteiger partial charge on any atom is 0.263 e. The van der Waals surface area contributed by atoms with Gasteiger partial charge in [-0.05, 0) is 12.8 Å². The number of nitrogens with one attached hydrogen (secondary N) is 2. The predicted molar refractivity (Wildman–Crippen MR) is 70.8 cm³/mol. The van der Waals surface area contributed by atoms with Crippen LogP contribution in [-0.2, 0) is 0 Å². The second kappa shape index (κ2) is 5.89. The third-order valence-electron chi connectivity index (χ3n) is 2.54. The third-order valence-corrected chi connectivity index (χ3v) is 3.71. The number of aliphatic hydroxyl groups excluding tert-OH is 1. The molecule has 0 radical (unpaired) electrons. The molecular formula is C11H15N5O2S. The number of rotatable bonds is 5. The summed E-state index contributed by atoms with van der Waals surface area (Å²) in [6.07, 6.45) is 1.40. The first-order valence-corrected chi connectivity index (χ1v) is 6.65. The van der Waals surface area contributed by atoms with Gasteiger partial charge in [0.05, 0.1) is 5.69 Å². The van der Waals surface area contributed by atoms with Crippen molar-refractivity contribution in [2.75, 3.05) is 13.2 Å². The highest BCUT2D eigenvalue weighted by molar-refractivity contribution is 7.17. The largest absolute Gasteiger partial charge is 0.396 e. The number of nitrogens with zero attached hydrogens (tertiary/aromatic N) is 3. The van der Waals surface area contributed by atoms with E-state index in [4.69, 9.17) is 5.11 Å². The summed E-state index contributed by atoms with van der Waals surface area (Å²) in [5, 5.41) is 18.8. The Kier molecular flexibility index (Phi) is 4.23. The number of hydrogen-bond donors (Lipinski definition) is 3. The van der Waals surface area contributed by atoms with Crippen LogP contribution in [0.1, 0.15) is 22.3 Å². The lowest BCUT2D eigenvalue weighted by Gasteiger charge is -2.08. The summed E-state index contributed by atoms with van der Waals surface area (Å²) in [7, 11) is 0. The van der Waals surface area contributed by atoms with Gasteiger partial charge in [-0.1, -0.05) is 6.92 Å². The van der Waals surface area contributed by atoms with E-state index >= 15 is 0 Å². The Bertz CT molecular complexity index is 551. The second-order valence-corrected chi connectivity index (χ2v) is 5.26. The molecule has 7 nitrogen and oxygen atoms in total. The normalized spacial score (nSPS) is 12.4. The zero-order valence-corrected chi connectivity index (χ0v) is 11.5. The summed E-state index contributed by atoms with van der Waals surface area (Å²) in [6.45, 7) is 4.12. The van der Waals surface area contributed by atoms with Crippen LogP contribution in [0.5, 0.6) is 0 Å². The van der Waals surface area contributed by atoms with Crippen molar-refractivity contribution >= 4 is 17.2 Å². The molecule has 0 aromatic carbocycles. The van der Waals surface area contributed by atoms with E-state index < -0.39 is 0 Å². The molecule has 0 aliphatic carbocycles. The average Bonchev–Trinajstić information content (AvgIpc) is 3.04. The number of hydrogen-bond acceptors (Lipinski definition) is 6. The zero-order valence-electron chi connectivity index (χ0n) is 10.7. The molecule has 2 heterocycles. The minimum Gasteiger partial charge on any atom is -0.396 e. The Hall–Kier alpha value is -1.80. The van der Waals surface area contributed by atoms with E-state index in [9.17, 15) is 4.79 Å². The Morgan fingerprint density at radius 1 is 1.63 bits per heavy atom. The molecule has 3 N–H and O–H groups in total. The van der Waals surface area contributed by atoms with Crippen molar-refractivity contribution in [1.29, 1.82) is 0 Å². The van der Waals surface area contributed by atoms with Gasteiger partial charge in [-0.15, -0.1) is 11.3 Å². The molecule has 1 unspecified atom stereocenters. The Morgan fingerprint density at radius 2 is 2.42 bits per heavy atom. The van der Waals surface area contributed by atoms with E-state index in [1.807, 2.05) is 6.92 Å². The van der Waals surface area contributed by atoms with Crippen molar-refractivity contribution in [3.63, 3.8) is 0 Å². The first-order chi connectivity index (χ1) is 9.11. The maximum atomic E-state index is 12.0. The summed E-state index contributed by atoms with van der Waals surface area (Å²) in [6, 6.07) is 0. The Morgan fingerprint density at radius 3 is 3.05 bits per heavy atom. The fourth-order valence-corrected chi connectivity index (χ4v) is 2.36. The van der Waals surface area contributed by atoms with E-state index in [0.29, 0.717) is 27.9 Å². The standard InChI is InChI=1S/C11H15N5O2S/c1-6(4-17)3-12-10(18)8-7(2)15-11(19-8)9-13-5-14-16-9/h5-6,17H,3-4H2,1-2H3,(H,12,18)(H,13,14,16). The number of aromatic nitrogens is 4. The fraction of sp³-hybridized carbons (Fsp3) is 0.455. The fourth-order valence-electron chi connectivity index (χ4n) is 1.43. The number of carbonyl (C=O) groups is 1. The molecule has 8 heteroatoms. The highest BCUT2D eigenvalue weighted by Crippen LogP contribution is 2.24. The van der Waals surface area contributed by atoms with Crippen LogP contribution in [-0.4, -0.2) is 44.3 Å². The van der Waals surface area contributed by atoms with Crippen molar-refractivity contribution in [1.82, 2.24) is 25.5 Å². The van der Waals surface area contributed by atoms with Crippen molar-refractivity contribution in [3.8, 4) is 10.8 Å². The number of aromatic amines is 1. The van der Waals surface area contributed by atoms with E-state index in [1.165, 1.54) is 17.7 Å². The zero-order chi connectivity index (χ0) is 13.8. The summed E-state index contributed by atoms with van der Waals surface area (Å²) in [4.78, 5) is 20.9. The number of thiazole rings is 1. The van der Waals surface area contributed by atoms with E-state index in [2.05, 4.69) is 25.5 Å². The van der Waals surface area contributed by atoms with Crippen LogP contribution in [0.4, 0.5) is 0 Å². The van der Waals surface area contributed by atoms with Crippen molar-refractivity contribution in [3.05, 3.63) is 16.9 Å². The van der Waals surface area contributed by atoms with Gasteiger partial charge >= 0.3 is 0 Å². The summed E-state index contributed by atoms with van der Waals surface area (Å²) in [5.41, 5.74) is 0.658. The number of amides is 1. The molecule has 19 heavy (non-hydrogen) atoms. The van der Waals surface area contributed by atoms with Crippen LogP contribution in [0.3, 0.4) is 0 Å². The van der Waals surface area contributed by atoms with Gasteiger partial charge in [0.2, 0.25) is 0 Å². The first kappa shape index (κ1) is 13.6. The number of H-pyrrole nitrogens is 1. The summed E-state index contributed by atoms with van der Waals surface area (Å²) < 4.78 is 0. The average molecular weight is 281 g/mol. The van der Waals surface area contributed by atoms with Crippen LogP contribution in [0, 0.1) is 12.8 Å². The van der Waals surface area contributed by atoms with Gasteiger partial charge in [0.15, 0.2) is 10.8 Å². The lowest BCUT2D eigenvalue weighted by atomic mass is 10.2. The van der Waals surface area contributed by atoms with Crippen molar-refractivity contribution in [2.24, 2.45) is 5.92 Å². The van der Waals surface area contributed by atoms with Gasteiger partial charge < -0.3 is 10.4 Å². The molecular weight excluding hydrogens is 266 g/mol. The van der Waals surface area contributed by atoms with Crippen LogP contribution in [0.2, 0.25) is 0 Å². The molecule has 0 bridgehead atoms. The molecule has 0 aliphatic rings. The molecule has 0 fully saturated rings. The van der Waals surface area contributed by atoms with Crippen molar-refractivity contribution in [2.45, 2.75) is 13.8 Å². The highest BCUT2D eigenvalue weighted by Gasteiger charge is 2.17. The minimum absolute atomic E-state index is 0.0333. The molecule has 102 valence electrons. The van der Waals surface area contributed by atoms with Gasteiger partial charge in [-0.2, -0.15) is 5.10 Å². The molecule has 2 rings (SSSR count). The van der Waals surface area contributed by atoms with E-state index in [1.54, 1.807) is 6.92 Å². The van der Waals surface area contributed by atoms with Gasteiger partial charge in [-0.25, -0.2) is 9.97 Å². The molecule has 2 aromatic heterocycles. The van der Waals surface area contributed by atoms with Gasteiger partial charge in [0.1, 0.15) is 11.2 Å². The lowest BCUT2D eigenvalue weighted by molar-refractivity contribution is 0.0945. The van der Waals surface area contributed by atoms with Crippen molar-refractivity contribution < 1.29 is 9.90 Å². The molecule has 2 aromatic rings. The molecule has 0 saturated carbocycles. The number of aryl methyl sites for hydroxylation is 1. The SMILES string of the molecule is Cc1nc(-c2ncn[nH]2)sc1C(=O)NCC(C)CO. The topological polar surface area (TPSA) is 104 Å². The Labute approximate surface area is 114 Å². The van der Waals surface area contributed by atoms with Crippen LogP contribution < -0.4 is 5.32 Å². The first-order valence-electron chi connectivity index (χ1n) is 5.84. The van der Waals surface area contributed by atoms with Gasteiger partial charge in [0.25, 0.3) is 5.91 Å². The Balaban J connectivity index is 2.10. The van der Waals surface area contributed by atoms with Crippen LogP contribution in [0.15, 0.2) is 6.33 Å². The third kappa shape index (κ3) is 3.15. The minimum atomic E-state index is -0.180. The highest BCUT2D eigenvalue weighted by atomic mass is 32.1. The smallest absolute Gasteiger partial charge is 0.263 e. The van der Waals surface area contributed by atoms with Gasteiger partial charge in [0, 0.05) is 13.2 Å². The molecule has 0 aliphatic heterocycles. The van der Waals surface area contributed by atoms with Gasteiger partial charge in [-0.3, -0.25) is 9.89 Å². The van der Waals surface area contributed by atoms with E-state index in [0.717, 1.165) is 0 Å². The summed E-state index contributed by atoms with van der Waals surface area (Å²) >= 11 is 1.27. The monoisotopic (exact) mass is 281 g/mol. The second-order valence-electron chi connectivity index (χ2n) is 4.27. The molecule has 1 atom stereocenters. The lowest BCUT2D eigenvalue weighted by Crippen LogP contribution is -2.29. The quantitative estimate of drug-likeness (QED) is 0.744. The maximum absolute atomic E-state index is 12.0.